The molecular weight excluding hydrogens is 248 g/mol. The van der Waals surface area contributed by atoms with Crippen molar-refractivity contribution in [2.45, 2.75) is 13.0 Å². The molecule has 0 radical (unpaired) electrons. The van der Waals surface area contributed by atoms with Crippen molar-refractivity contribution in [1.82, 2.24) is 10.3 Å². The average molecular weight is 264 g/mol. The van der Waals surface area contributed by atoms with Crippen LogP contribution in [0.1, 0.15) is 21.1 Å². The number of carbonyl (C=O) groups is 1. The van der Waals surface area contributed by atoms with Crippen LogP contribution in [0.25, 0.3) is 0 Å². The Kier molecular flexibility index (Phi) is 4.55. The van der Waals surface area contributed by atoms with Gasteiger partial charge in [-0.2, -0.15) is 0 Å². The van der Waals surface area contributed by atoms with Crippen LogP contribution in [0.5, 0.6) is 0 Å². The van der Waals surface area contributed by atoms with Gasteiger partial charge in [-0.05, 0) is 30.0 Å². The molecule has 0 atom stereocenters. The lowest BCUT2D eigenvalue weighted by Crippen LogP contribution is -2.16. The summed E-state index contributed by atoms with van der Waals surface area (Å²) in [5.41, 5.74) is 1.48. The van der Waals surface area contributed by atoms with E-state index in [-0.39, 0.29) is 5.97 Å². The summed E-state index contributed by atoms with van der Waals surface area (Å²) in [6.45, 7) is 1.65. The Hall–Kier alpha value is -1.59. The normalized spacial score (nSPS) is 10.5. The molecule has 18 heavy (non-hydrogen) atoms. The number of hydrogen-bond acceptors (Lipinski definition) is 4. The Morgan fingerprint density at radius 3 is 3.06 bits per heavy atom. The van der Waals surface area contributed by atoms with Gasteiger partial charge in [0.05, 0.1) is 7.11 Å². The fraction of sp³-hybridized carbons (Fsp3) is 0.308. The van der Waals surface area contributed by atoms with Crippen molar-refractivity contribution in [3.05, 3.63) is 45.9 Å². The molecular formula is C13H16N2O2S. The number of aromatic nitrogens is 1. The molecule has 0 saturated carbocycles. The first-order valence-electron chi connectivity index (χ1n) is 5.79. The lowest BCUT2D eigenvalue weighted by atomic mass is 10.3. The molecule has 0 spiro atoms. The van der Waals surface area contributed by atoms with Gasteiger partial charge in [0.2, 0.25) is 0 Å². The Morgan fingerprint density at radius 2 is 2.33 bits per heavy atom. The van der Waals surface area contributed by atoms with E-state index in [1.54, 1.807) is 17.4 Å². The van der Waals surface area contributed by atoms with Crippen LogP contribution in [0, 0.1) is 0 Å². The highest BCUT2D eigenvalue weighted by molar-refractivity contribution is 7.09. The summed E-state index contributed by atoms with van der Waals surface area (Å²) in [6.07, 6.45) is 1.03. The fourth-order valence-corrected chi connectivity index (χ4v) is 2.37. The number of methoxy groups -OCH3 is 1. The number of ether oxygens (including phenoxy) is 1. The minimum Gasteiger partial charge on any atom is -0.464 e. The topological polar surface area (TPSA) is 54.1 Å². The van der Waals surface area contributed by atoms with Crippen LogP contribution in [0.4, 0.5) is 0 Å². The van der Waals surface area contributed by atoms with E-state index >= 15 is 0 Å². The zero-order valence-corrected chi connectivity index (χ0v) is 11.0. The zero-order chi connectivity index (χ0) is 12.8. The molecule has 96 valence electrons. The van der Waals surface area contributed by atoms with E-state index in [2.05, 4.69) is 32.6 Å². The molecule has 2 N–H and O–H groups in total. The molecule has 0 fully saturated rings. The highest BCUT2D eigenvalue weighted by Gasteiger charge is 2.07. The van der Waals surface area contributed by atoms with Crippen LogP contribution in [0.15, 0.2) is 29.6 Å². The molecule has 2 heterocycles. The summed E-state index contributed by atoms with van der Waals surface area (Å²) < 4.78 is 4.63. The number of esters is 1. The van der Waals surface area contributed by atoms with Crippen molar-refractivity contribution in [3.8, 4) is 0 Å². The molecule has 5 heteroatoms. The van der Waals surface area contributed by atoms with Gasteiger partial charge in [-0.15, -0.1) is 11.3 Å². The van der Waals surface area contributed by atoms with E-state index in [4.69, 9.17) is 0 Å². The van der Waals surface area contributed by atoms with Gasteiger partial charge < -0.3 is 15.0 Å². The lowest BCUT2D eigenvalue weighted by Gasteiger charge is -2.02. The molecule has 0 bridgehead atoms. The van der Waals surface area contributed by atoms with Gasteiger partial charge in [0.15, 0.2) is 0 Å². The standard InChI is InChI=1S/C13H16N2O2S/c1-17-13(16)12-5-4-10(15-12)9-14-7-6-11-3-2-8-18-11/h2-5,8,14-15H,6-7,9H2,1H3. The maximum Gasteiger partial charge on any atom is 0.354 e. The van der Waals surface area contributed by atoms with Gasteiger partial charge in [0.1, 0.15) is 5.69 Å². The first kappa shape index (κ1) is 12.9. The van der Waals surface area contributed by atoms with Crippen LogP contribution in [-0.2, 0) is 17.7 Å². The Bertz CT molecular complexity index is 491. The van der Waals surface area contributed by atoms with Crippen LogP contribution in [-0.4, -0.2) is 24.6 Å². The number of rotatable bonds is 6. The van der Waals surface area contributed by atoms with Crippen LogP contribution >= 0.6 is 11.3 Å². The highest BCUT2D eigenvalue weighted by atomic mass is 32.1. The van der Waals surface area contributed by atoms with E-state index in [1.807, 2.05) is 6.07 Å². The molecule has 0 aliphatic rings. The van der Waals surface area contributed by atoms with Crippen LogP contribution in [0.3, 0.4) is 0 Å². The number of aromatic amines is 1. The van der Waals surface area contributed by atoms with Gasteiger partial charge in [0, 0.05) is 23.7 Å². The monoisotopic (exact) mass is 264 g/mol. The summed E-state index contributed by atoms with van der Waals surface area (Å²) >= 11 is 1.77. The smallest absolute Gasteiger partial charge is 0.354 e. The number of nitrogens with one attached hydrogen (secondary N) is 2. The third kappa shape index (κ3) is 3.45. The van der Waals surface area contributed by atoms with Crippen molar-refractivity contribution in [2.75, 3.05) is 13.7 Å². The van der Waals surface area contributed by atoms with Gasteiger partial charge in [0.25, 0.3) is 0 Å². The molecule has 2 aromatic heterocycles. The first-order chi connectivity index (χ1) is 8.79. The van der Waals surface area contributed by atoms with Gasteiger partial charge in [-0.3, -0.25) is 0 Å². The van der Waals surface area contributed by atoms with Gasteiger partial charge >= 0.3 is 5.97 Å². The Labute approximate surface area is 110 Å². The summed E-state index contributed by atoms with van der Waals surface area (Å²) in [5, 5.41) is 5.42. The second-order valence-corrected chi connectivity index (χ2v) is 4.93. The van der Waals surface area contributed by atoms with E-state index < -0.39 is 0 Å². The second kappa shape index (κ2) is 6.37. The van der Waals surface area contributed by atoms with E-state index in [0.29, 0.717) is 5.69 Å². The van der Waals surface area contributed by atoms with Crippen LogP contribution in [0.2, 0.25) is 0 Å². The molecule has 0 aromatic carbocycles. The maximum absolute atomic E-state index is 11.2. The number of thiophene rings is 1. The molecule has 0 amide bonds. The second-order valence-electron chi connectivity index (χ2n) is 3.89. The van der Waals surface area contributed by atoms with Crippen molar-refractivity contribution < 1.29 is 9.53 Å². The molecule has 0 aliphatic carbocycles. The summed E-state index contributed by atoms with van der Waals surface area (Å²) in [5.74, 6) is -0.333. The molecule has 0 unspecified atom stereocenters. The Morgan fingerprint density at radius 1 is 1.44 bits per heavy atom. The SMILES string of the molecule is COC(=O)c1ccc(CNCCc2cccs2)[nH]1. The van der Waals surface area contributed by atoms with Crippen LogP contribution < -0.4 is 5.32 Å². The minimum atomic E-state index is -0.333. The van der Waals surface area contributed by atoms with Crippen molar-refractivity contribution in [1.29, 1.82) is 0 Å². The third-order valence-electron chi connectivity index (χ3n) is 2.60. The predicted molar refractivity (Wildman–Crippen MR) is 71.9 cm³/mol. The summed E-state index contributed by atoms with van der Waals surface area (Å²) in [4.78, 5) is 15.6. The molecule has 2 rings (SSSR count). The lowest BCUT2D eigenvalue weighted by molar-refractivity contribution is 0.0594. The fourth-order valence-electron chi connectivity index (χ4n) is 1.66. The minimum absolute atomic E-state index is 0.333. The average Bonchev–Trinajstić information content (AvgIpc) is 3.05. The molecule has 0 saturated heterocycles. The summed E-state index contributed by atoms with van der Waals surface area (Å²) in [7, 11) is 1.38. The number of H-pyrrole nitrogens is 1. The molecule has 4 nitrogen and oxygen atoms in total. The summed E-state index contributed by atoms with van der Waals surface area (Å²) in [6, 6.07) is 7.83. The number of hydrogen-bond donors (Lipinski definition) is 2. The van der Waals surface area contributed by atoms with Gasteiger partial charge in [-0.1, -0.05) is 6.07 Å². The quantitative estimate of drug-likeness (QED) is 0.621. The highest BCUT2D eigenvalue weighted by Crippen LogP contribution is 2.08. The third-order valence-corrected chi connectivity index (χ3v) is 3.53. The first-order valence-corrected chi connectivity index (χ1v) is 6.67. The largest absolute Gasteiger partial charge is 0.464 e. The zero-order valence-electron chi connectivity index (χ0n) is 10.2. The predicted octanol–water partition coefficient (Wildman–Crippen LogP) is 2.20. The molecule has 0 aliphatic heterocycles. The maximum atomic E-state index is 11.2. The van der Waals surface area contributed by atoms with Gasteiger partial charge in [-0.25, -0.2) is 4.79 Å². The Balaban J connectivity index is 1.73. The van der Waals surface area contributed by atoms with Crippen molar-refractivity contribution >= 4 is 17.3 Å². The van der Waals surface area contributed by atoms with Crippen molar-refractivity contribution in [2.24, 2.45) is 0 Å². The molecule has 2 aromatic rings. The van der Waals surface area contributed by atoms with Crippen molar-refractivity contribution in [3.63, 3.8) is 0 Å². The van der Waals surface area contributed by atoms with E-state index in [9.17, 15) is 4.79 Å². The number of carbonyl (C=O) groups excluding carboxylic acids is 1. The van der Waals surface area contributed by atoms with E-state index in [0.717, 1.165) is 25.2 Å². The van der Waals surface area contributed by atoms with E-state index in [1.165, 1.54) is 12.0 Å².